The van der Waals surface area contributed by atoms with Gasteiger partial charge in [-0.25, -0.2) is 12.8 Å². The Morgan fingerprint density at radius 3 is 2.39 bits per heavy atom. The minimum Gasteiger partial charge on any atom is -0.340 e. The Labute approximate surface area is 142 Å². The molecule has 0 atom stereocenters. The van der Waals surface area contributed by atoms with Crippen molar-refractivity contribution in [2.24, 2.45) is 0 Å². The number of hydrogen-bond donors (Lipinski definition) is 1. The predicted octanol–water partition coefficient (Wildman–Crippen LogP) is 1.37. The summed E-state index contributed by atoms with van der Waals surface area (Å²) in [5.74, 6) is -0.861. The van der Waals surface area contributed by atoms with Gasteiger partial charge in [-0.2, -0.15) is 0 Å². The van der Waals surface area contributed by atoms with E-state index in [-0.39, 0.29) is 31.8 Å². The van der Waals surface area contributed by atoms with Crippen molar-refractivity contribution in [3.8, 4) is 0 Å². The minimum atomic E-state index is -3.56. The Hall–Kier alpha value is -1.18. The van der Waals surface area contributed by atoms with E-state index in [2.05, 4.69) is 5.32 Å². The molecule has 1 saturated heterocycles. The molecule has 0 saturated carbocycles. The van der Waals surface area contributed by atoms with Crippen LogP contribution in [-0.2, 0) is 21.2 Å². The Kier molecular flexibility index (Phi) is 6.56. The van der Waals surface area contributed by atoms with Crippen LogP contribution in [0.15, 0.2) is 24.3 Å². The van der Waals surface area contributed by atoms with Crippen LogP contribution in [0.25, 0.3) is 0 Å². The highest BCUT2D eigenvalue weighted by Crippen LogP contribution is 2.30. The summed E-state index contributed by atoms with van der Waals surface area (Å²) >= 11 is 0. The van der Waals surface area contributed by atoms with Crippen LogP contribution in [-0.4, -0.2) is 50.4 Å². The van der Waals surface area contributed by atoms with Gasteiger partial charge < -0.3 is 10.2 Å². The maximum Gasteiger partial charge on any atom is 0.244 e. The van der Waals surface area contributed by atoms with Crippen molar-refractivity contribution in [1.29, 1.82) is 0 Å². The molecule has 1 fully saturated rings. The molecule has 0 bridgehead atoms. The maximum absolute atomic E-state index is 13.7. The second kappa shape index (κ2) is 7.59. The zero-order valence-electron chi connectivity index (χ0n) is 13.2. The van der Waals surface area contributed by atoms with Crippen molar-refractivity contribution >= 4 is 28.2 Å². The number of rotatable bonds is 4. The van der Waals surface area contributed by atoms with Crippen LogP contribution in [0, 0.1) is 5.82 Å². The summed E-state index contributed by atoms with van der Waals surface area (Å²) in [6.07, 6.45) is 1.59. The molecule has 5 nitrogen and oxygen atoms in total. The fraction of sp³-hybridized carbons (Fsp3) is 0.533. The lowest BCUT2D eigenvalue weighted by atomic mass is 9.95. The summed E-state index contributed by atoms with van der Waals surface area (Å²) in [5.41, 5.74) is 0.371. The lowest BCUT2D eigenvalue weighted by Crippen LogP contribution is -2.57. The minimum absolute atomic E-state index is 0. The second-order valence-corrected chi connectivity index (χ2v) is 8.09. The van der Waals surface area contributed by atoms with Gasteiger partial charge in [-0.05, 0) is 32.0 Å². The number of sulfone groups is 1. The van der Waals surface area contributed by atoms with Crippen LogP contribution in [0.4, 0.5) is 4.39 Å². The number of hydrogen-bond acceptors (Lipinski definition) is 4. The fourth-order valence-corrected chi connectivity index (χ4v) is 4.29. The quantitative estimate of drug-likeness (QED) is 0.876. The van der Waals surface area contributed by atoms with E-state index in [4.69, 9.17) is 0 Å². The van der Waals surface area contributed by atoms with Gasteiger partial charge in [-0.3, -0.25) is 4.79 Å². The van der Waals surface area contributed by atoms with Crippen LogP contribution in [0.3, 0.4) is 0 Å². The normalized spacial score (nSPS) is 17.2. The largest absolute Gasteiger partial charge is 0.340 e. The zero-order chi connectivity index (χ0) is 16.4. The van der Waals surface area contributed by atoms with Gasteiger partial charge in [-0.1, -0.05) is 18.2 Å². The lowest BCUT2D eigenvalue weighted by Gasteiger charge is -2.37. The van der Waals surface area contributed by atoms with E-state index in [1.165, 1.54) is 18.0 Å². The van der Waals surface area contributed by atoms with Crippen molar-refractivity contribution < 1.29 is 17.6 Å². The first-order chi connectivity index (χ1) is 10.3. The van der Waals surface area contributed by atoms with Crippen molar-refractivity contribution in [2.75, 3.05) is 26.4 Å². The van der Waals surface area contributed by atoms with E-state index in [0.717, 1.165) is 6.26 Å². The number of benzene rings is 1. The summed E-state index contributed by atoms with van der Waals surface area (Å²) in [7, 11) is -2.04. The summed E-state index contributed by atoms with van der Waals surface area (Å²) in [4.78, 5) is 14.1. The van der Waals surface area contributed by atoms with Gasteiger partial charge in [0.1, 0.15) is 5.82 Å². The highest BCUT2D eigenvalue weighted by molar-refractivity contribution is 7.92. The van der Waals surface area contributed by atoms with Crippen LogP contribution >= 0.6 is 12.4 Å². The Morgan fingerprint density at radius 2 is 1.87 bits per heavy atom. The van der Waals surface area contributed by atoms with Crippen LogP contribution in [0.2, 0.25) is 0 Å². The van der Waals surface area contributed by atoms with E-state index < -0.39 is 26.3 Å². The number of nitrogens with zero attached hydrogens (tertiary/aromatic N) is 1. The third kappa shape index (κ3) is 4.02. The van der Waals surface area contributed by atoms with E-state index >= 15 is 0 Å². The Balaban J connectivity index is 0.00000264. The molecule has 1 N–H and O–H groups in total. The Bertz CT molecular complexity index is 660. The van der Waals surface area contributed by atoms with Gasteiger partial charge in [-0.15, -0.1) is 12.4 Å². The molecule has 1 amide bonds. The molecule has 0 unspecified atom stereocenters. The summed E-state index contributed by atoms with van der Waals surface area (Å²) in [6.45, 7) is 1.01. The molecule has 1 aliphatic rings. The first kappa shape index (κ1) is 19.9. The average molecular weight is 365 g/mol. The molecule has 2 rings (SSSR count). The average Bonchev–Trinajstić information content (AvgIpc) is 2.48. The number of amides is 1. The van der Waals surface area contributed by atoms with Gasteiger partial charge in [0.15, 0.2) is 14.6 Å². The molecule has 0 aromatic heterocycles. The molecule has 0 radical (unpaired) electrons. The van der Waals surface area contributed by atoms with Gasteiger partial charge in [0.25, 0.3) is 0 Å². The monoisotopic (exact) mass is 364 g/mol. The number of carbonyl (C=O) groups is 1. The topological polar surface area (TPSA) is 66.5 Å². The van der Waals surface area contributed by atoms with Gasteiger partial charge in [0.2, 0.25) is 5.91 Å². The van der Waals surface area contributed by atoms with Gasteiger partial charge >= 0.3 is 0 Å². The fourth-order valence-electron chi connectivity index (χ4n) is 2.88. The zero-order valence-corrected chi connectivity index (χ0v) is 14.8. The summed E-state index contributed by atoms with van der Waals surface area (Å²) in [5, 5.41) is 3.07. The number of carbonyl (C=O) groups excluding carboxylic acids is 1. The number of nitrogens with one attached hydrogen (secondary N) is 1. The first-order valence-electron chi connectivity index (χ1n) is 7.17. The first-order valence-corrected chi connectivity index (χ1v) is 9.06. The second-order valence-electron chi connectivity index (χ2n) is 5.77. The molecule has 1 aromatic carbocycles. The smallest absolute Gasteiger partial charge is 0.244 e. The molecule has 0 spiro atoms. The van der Waals surface area contributed by atoms with E-state index in [0.29, 0.717) is 18.7 Å². The number of piperidine rings is 1. The lowest BCUT2D eigenvalue weighted by molar-refractivity contribution is -0.134. The predicted molar refractivity (Wildman–Crippen MR) is 89.8 cm³/mol. The summed E-state index contributed by atoms with van der Waals surface area (Å²) in [6, 6.07) is 6.18. The van der Waals surface area contributed by atoms with Crippen LogP contribution in [0.5, 0.6) is 0 Å². The van der Waals surface area contributed by atoms with Gasteiger partial charge in [0, 0.05) is 25.4 Å². The van der Waals surface area contributed by atoms with Crippen LogP contribution in [0.1, 0.15) is 18.4 Å². The van der Waals surface area contributed by atoms with Crippen molar-refractivity contribution in [1.82, 2.24) is 10.2 Å². The molecule has 0 aliphatic carbocycles. The molecule has 1 aromatic rings. The van der Waals surface area contributed by atoms with Crippen LogP contribution < -0.4 is 5.32 Å². The molecule has 130 valence electrons. The molecule has 8 heteroatoms. The molecular formula is C15H22ClFN2O3S. The third-order valence-electron chi connectivity index (χ3n) is 4.22. The molecular weight excluding hydrogens is 343 g/mol. The van der Waals surface area contributed by atoms with Crippen molar-refractivity contribution in [3.05, 3.63) is 35.6 Å². The summed E-state index contributed by atoms with van der Waals surface area (Å²) < 4.78 is 36.8. The van der Waals surface area contributed by atoms with E-state index in [1.54, 1.807) is 18.2 Å². The standard InChI is InChI=1S/C15H21FN2O3S.ClH/c1-18(11-12-5-3-4-6-13(12)16)14(19)15(22(2,20)21)7-9-17-10-8-15;/h3-6,17H,7-11H2,1-2H3;1H. The number of halogens is 2. The van der Waals surface area contributed by atoms with E-state index in [1.807, 2.05) is 0 Å². The molecule has 1 aliphatic heterocycles. The van der Waals surface area contributed by atoms with Crippen molar-refractivity contribution in [2.45, 2.75) is 24.1 Å². The Morgan fingerprint density at radius 1 is 1.30 bits per heavy atom. The van der Waals surface area contributed by atoms with Crippen molar-refractivity contribution in [3.63, 3.8) is 0 Å². The highest BCUT2D eigenvalue weighted by atomic mass is 35.5. The molecule has 23 heavy (non-hydrogen) atoms. The highest BCUT2D eigenvalue weighted by Gasteiger charge is 2.49. The molecule has 1 heterocycles. The van der Waals surface area contributed by atoms with E-state index in [9.17, 15) is 17.6 Å². The SMILES string of the molecule is CN(Cc1ccccc1F)C(=O)C1(S(C)(=O)=O)CCNCC1.Cl. The van der Waals surface area contributed by atoms with Gasteiger partial charge in [0.05, 0.1) is 0 Å². The third-order valence-corrected chi connectivity index (χ3v) is 6.23. The maximum atomic E-state index is 13.7.